The molecular formula is C3H10NO2P. The SMILES string of the molecule is CN(C)C.O=PO. The molecule has 0 atom stereocenters. The Kier molecular flexibility index (Phi) is 13.5. The predicted octanol–water partition coefficient (Wildman–Crippen LogP) is 0.363. The second-order valence-electron chi connectivity index (χ2n) is 1.42. The van der Waals surface area contributed by atoms with Gasteiger partial charge in [0.05, 0.1) is 0 Å². The summed E-state index contributed by atoms with van der Waals surface area (Å²) >= 11 is 0. The summed E-state index contributed by atoms with van der Waals surface area (Å²) in [6.45, 7) is 0. The third-order valence-corrected chi connectivity index (χ3v) is 0. The molecule has 0 saturated carbocycles. The van der Waals surface area contributed by atoms with Crippen LogP contribution in [0.15, 0.2) is 0 Å². The van der Waals surface area contributed by atoms with Crippen LogP contribution in [0.5, 0.6) is 0 Å². The van der Waals surface area contributed by atoms with Gasteiger partial charge in [-0.2, -0.15) is 0 Å². The summed E-state index contributed by atoms with van der Waals surface area (Å²) in [5.74, 6) is 0. The van der Waals surface area contributed by atoms with Crippen molar-refractivity contribution < 1.29 is 9.46 Å². The van der Waals surface area contributed by atoms with Gasteiger partial charge in [0.25, 0.3) is 0 Å². The van der Waals surface area contributed by atoms with Crippen LogP contribution in [0.25, 0.3) is 0 Å². The smallest absolute Gasteiger partial charge is 0.312 e. The van der Waals surface area contributed by atoms with E-state index in [1.165, 1.54) is 0 Å². The molecule has 0 aromatic rings. The monoisotopic (exact) mass is 123 g/mol. The number of rotatable bonds is 0. The minimum absolute atomic E-state index is 0.833. The molecular weight excluding hydrogens is 113 g/mol. The summed E-state index contributed by atoms with van der Waals surface area (Å²) in [7, 11) is 5.17. The van der Waals surface area contributed by atoms with Gasteiger partial charge in [0.1, 0.15) is 0 Å². The molecule has 0 heterocycles. The molecule has 0 aliphatic rings. The first-order valence-electron chi connectivity index (χ1n) is 1.72. The molecule has 0 bridgehead atoms. The Morgan fingerprint density at radius 1 is 1.43 bits per heavy atom. The van der Waals surface area contributed by atoms with Crippen LogP contribution in [0.4, 0.5) is 0 Å². The average Bonchev–Trinajstić information content (AvgIpc) is 1.33. The maximum absolute atomic E-state index is 8.46. The third-order valence-electron chi connectivity index (χ3n) is 0. The first-order chi connectivity index (χ1) is 3.15. The van der Waals surface area contributed by atoms with Crippen molar-refractivity contribution in [1.82, 2.24) is 4.90 Å². The highest BCUT2D eigenvalue weighted by Gasteiger charge is 1.58. The maximum Gasteiger partial charge on any atom is 0.324 e. The van der Waals surface area contributed by atoms with Crippen LogP contribution < -0.4 is 0 Å². The van der Waals surface area contributed by atoms with Crippen LogP contribution in [0.1, 0.15) is 0 Å². The molecule has 0 spiro atoms. The van der Waals surface area contributed by atoms with Crippen LogP contribution in [0.3, 0.4) is 0 Å². The molecule has 0 unspecified atom stereocenters. The van der Waals surface area contributed by atoms with Crippen LogP contribution in [-0.4, -0.2) is 30.9 Å². The Morgan fingerprint density at radius 2 is 1.43 bits per heavy atom. The van der Waals surface area contributed by atoms with Gasteiger partial charge in [0.15, 0.2) is 0 Å². The predicted molar refractivity (Wildman–Crippen MR) is 29.4 cm³/mol. The van der Waals surface area contributed by atoms with Gasteiger partial charge in [-0.05, 0) is 21.1 Å². The molecule has 0 rings (SSSR count). The molecule has 0 saturated heterocycles. The van der Waals surface area contributed by atoms with E-state index in [-0.39, 0.29) is 0 Å². The molecule has 0 aliphatic carbocycles. The molecule has 0 aromatic heterocycles. The van der Waals surface area contributed by atoms with Crippen LogP contribution in [0.2, 0.25) is 0 Å². The molecule has 7 heavy (non-hydrogen) atoms. The fourth-order valence-corrected chi connectivity index (χ4v) is 0. The van der Waals surface area contributed by atoms with E-state index in [1.54, 1.807) is 0 Å². The quantitative estimate of drug-likeness (QED) is 0.473. The summed E-state index contributed by atoms with van der Waals surface area (Å²) < 4.78 is 8.46. The number of nitrogens with zero attached hydrogens (tertiary/aromatic N) is 1. The van der Waals surface area contributed by atoms with Crippen molar-refractivity contribution in [1.29, 1.82) is 0 Å². The van der Waals surface area contributed by atoms with Gasteiger partial charge in [0.2, 0.25) is 0 Å². The second kappa shape index (κ2) is 9.39. The van der Waals surface area contributed by atoms with Gasteiger partial charge in [-0.3, -0.25) is 0 Å². The largest absolute Gasteiger partial charge is 0.324 e. The lowest BCUT2D eigenvalue weighted by Gasteiger charge is -1.90. The number of hydrogen-bond acceptors (Lipinski definition) is 2. The third kappa shape index (κ3) is 243000. The van der Waals surface area contributed by atoms with E-state index >= 15 is 0 Å². The minimum atomic E-state index is -0.833. The van der Waals surface area contributed by atoms with Gasteiger partial charge in [-0.1, -0.05) is 0 Å². The Hall–Kier alpha value is 0.0200. The van der Waals surface area contributed by atoms with E-state index in [9.17, 15) is 0 Å². The Morgan fingerprint density at radius 3 is 1.43 bits per heavy atom. The van der Waals surface area contributed by atoms with Crippen molar-refractivity contribution in [3.05, 3.63) is 0 Å². The highest BCUT2D eigenvalue weighted by atomic mass is 31.1. The normalized spacial score (nSPS) is 8.14. The molecule has 0 aliphatic heterocycles. The Labute approximate surface area is 45.2 Å². The van der Waals surface area contributed by atoms with E-state index in [1.807, 2.05) is 26.0 Å². The van der Waals surface area contributed by atoms with Gasteiger partial charge in [0, 0.05) is 0 Å². The highest BCUT2D eigenvalue weighted by molar-refractivity contribution is 7.16. The topological polar surface area (TPSA) is 40.5 Å². The van der Waals surface area contributed by atoms with E-state index in [0.29, 0.717) is 0 Å². The molecule has 0 fully saturated rings. The van der Waals surface area contributed by atoms with Gasteiger partial charge >= 0.3 is 8.69 Å². The lowest BCUT2D eigenvalue weighted by Crippen LogP contribution is -1.99. The lowest BCUT2D eigenvalue weighted by molar-refractivity contribution is 0.505. The molecule has 1 N–H and O–H groups in total. The standard InChI is InChI=1S/C3H9N.HO2P/c1-4(2)3;1-3-2/h1-3H3;(H,1,2). The average molecular weight is 123 g/mol. The summed E-state index contributed by atoms with van der Waals surface area (Å²) in [4.78, 5) is 8.99. The van der Waals surface area contributed by atoms with Gasteiger partial charge < -0.3 is 9.79 Å². The van der Waals surface area contributed by atoms with Gasteiger partial charge in [-0.15, -0.1) is 0 Å². The Balaban J connectivity index is 0. The fourth-order valence-electron chi connectivity index (χ4n) is 0. The first-order valence-corrected chi connectivity index (χ1v) is 2.49. The molecule has 3 nitrogen and oxygen atoms in total. The maximum atomic E-state index is 8.46. The fraction of sp³-hybridized carbons (Fsp3) is 1.00. The van der Waals surface area contributed by atoms with Crippen LogP contribution >= 0.6 is 8.69 Å². The lowest BCUT2D eigenvalue weighted by atomic mass is 11.0. The van der Waals surface area contributed by atoms with E-state index < -0.39 is 8.69 Å². The molecule has 0 radical (unpaired) electrons. The van der Waals surface area contributed by atoms with Crippen LogP contribution in [0, 0.1) is 0 Å². The number of hydrogen-bond donors (Lipinski definition) is 1. The summed E-state index contributed by atoms with van der Waals surface area (Å²) in [5.41, 5.74) is 0. The highest BCUT2D eigenvalue weighted by Crippen LogP contribution is 1.66. The van der Waals surface area contributed by atoms with E-state index in [2.05, 4.69) is 0 Å². The molecule has 4 heteroatoms. The van der Waals surface area contributed by atoms with Crippen molar-refractivity contribution in [3.63, 3.8) is 0 Å². The zero-order valence-electron chi connectivity index (χ0n) is 4.75. The molecule has 44 valence electrons. The van der Waals surface area contributed by atoms with Crippen molar-refractivity contribution in [2.45, 2.75) is 0 Å². The zero-order valence-corrected chi connectivity index (χ0v) is 5.64. The van der Waals surface area contributed by atoms with Crippen molar-refractivity contribution in [2.75, 3.05) is 21.1 Å². The van der Waals surface area contributed by atoms with Crippen molar-refractivity contribution in [2.24, 2.45) is 0 Å². The summed E-state index contributed by atoms with van der Waals surface area (Å²) in [5, 5.41) is 0. The van der Waals surface area contributed by atoms with E-state index in [4.69, 9.17) is 9.46 Å². The molecule has 0 aromatic carbocycles. The van der Waals surface area contributed by atoms with Crippen molar-refractivity contribution >= 4 is 8.69 Å². The minimum Gasteiger partial charge on any atom is -0.312 e. The summed E-state index contributed by atoms with van der Waals surface area (Å²) in [6, 6.07) is 0. The zero-order chi connectivity index (χ0) is 6.28. The first kappa shape index (κ1) is 10.1. The Bertz CT molecular complexity index is 37.2. The van der Waals surface area contributed by atoms with Crippen LogP contribution in [-0.2, 0) is 4.57 Å². The molecule has 0 amide bonds. The van der Waals surface area contributed by atoms with Gasteiger partial charge in [-0.25, -0.2) is 4.57 Å². The van der Waals surface area contributed by atoms with E-state index in [0.717, 1.165) is 0 Å². The summed E-state index contributed by atoms with van der Waals surface area (Å²) in [6.07, 6.45) is 0. The van der Waals surface area contributed by atoms with Crippen molar-refractivity contribution in [3.8, 4) is 0 Å². The second-order valence-corrected chi connectivity index (χ2v) is 1.59.